The number of hydrogen-bond donors (Lipinski definition) is 1. The van der Waals surface area contributed by atoms with Crippen molar-refractivity contribution in [2.45, 2.75) is 31.7 Å². The van der Waals surface area contributed by atoms with Gasteiger partial charge in [-0.25, -0.2) is 0 Å². The van der Waals surface area contributed by atoms with E-state index in [1.807, 2.05) is 18.2 Å². The molecule has 0 aliphatic carbocycles. The Morgan fingerprint density at radius 1 is 1.18 bits per heavy atom. The van der Waals surface area contributed by atoms with E-state index in [9.17, 15) is 5.11 Å². The third-order valence-electron chi connectivity index (χ3n) is 3.02. The summed E-state index contributed by atoms with van der Waals surface area (Å²) in [5.41, 5.74) is 1.02. The van der Waals surface area contributed by atoms with Crippen molar-refractivity contribution in [3.8, 4) is 11.5 Å². The SMILES string of the molecule is COc1ccc(C2CCCC(O)O2)cc1OC. The Labute approximate surface area is 101 Å². The Balaban J connectivity index is 2.20. The summed E-state index contributed by atoms with van der Waals surface area (Å²) in [6.45, 7) is 0. The normalized spacial score (nSPS) is 24.4. The highest BCUT2D eigenvalue weighted by Crippen LogP contribution is 2.35. The van der Waals surface area contributed by atoms with Crippen LogP contribution in [0.25, 0.3) is 0 Å². The molecule has 1 heterocycles. The first-order valence-corrected chi connectivity index (χ1v) is 5.80. The van der Waals surface area contributed by atoms with Crippen molar-refractivity contribution in [3.63, 3.8) is 0 Å². The van der Waals surface area contributed by atoms with Crippen molar-refractivity contribution in [1.29, 1.82) is 0 Å². The molecule has 2 unspecified atom stereocenters. The molecule has 4 nitrogen and oxygen atoms in total. The fourth-order valence-corrected chi connectivity index (χ4v) is 2.10. The quantitative estimate of drug-likeness (QED) is 0.877. The second kappa shape index (κ2) is 5.38. The van der Waals surface area contributed by atoms with Crippen molar-refractivity contribution in [2.24, 2.45) is 0 Å². The van der Waals surface area contributed by atoms with Crippen LogP contribution in [0.2, 0.25) is 0 Å². The lowest BCUT2D eigenvalue weighted by atomic mass is 10.0. The van der Waals surface area contributed by atoms with Crippen molar-refractivity contribution < 1.29 is 19.3 Å². The zero-order valence-electron chi connectivity index (χ0n) is 10.2. The Morgan fingerprint density at radius 2 is 1.94 bits per heavy atom. The van der Waals surface area contributed by atoms with E-state index in [1.54, 1.807) is 14.2 Å². The average molecular weight is 238 g/mol. The Hall–Kier alpha value is -1.26. The molecule has 0 aromatic heterocycles. The van der Waals surface area contributed by atoms with Gasteiger partial charge in [0.25, 0.3) is 0 Å². The van der Waals surface area contributed by atoms with Gasteiger partial charge in [0.2, 0.25) is 0 Å². The van der Waals surface area contributed by atoms with Crippen LogP contribution < -0.4 is 9.47 Å². The summed E-state index contributed by atoms with van der Waals surface area (Å²) in [6.07, 6.45) is 1.90. The van der Waals surface area contributed by atoms with E-state index in [0.717, 1.165) is 18.4 Å². The zero-order valence-corrected chi connectivity index (χ0v) is 10.2. The first-order valence-electron chi connectivity index (χ1n) is 5.80. The molecule has 17 heavy (non-hydrogen) atoms. The van der Waals surface area contributed by atoms with E-state index in [1.165, 1.54) is 0 Å². The van der Waals surface area contributed by atoms with E-state index < -0.39 is 6.29 Å². The van der Waals surface area contributed by atoms with Gasteiger partial charge in [0, 0.05) is 0 Å². The molecule has 1 aromatic rings. The van der Waals surface area contributed by atoms with Crippen LogP contribution in [0.4, 0.5) is 0 Å². The van der Waals surface area contributed by atoms with Crippen molar-refractivity contribution >= 4 is 0 Å². The van der Waals surface area contributed by atoms with Gasteiger partial charge < -0.3 is 19.3 Å². The van der Waals surface area contributed by atoms with E-state index in [2.05, 4.69) is 0 Å². The molecule has 0 amide bonds. The predicted molar refractivity (Wildman–Crippen MR) is 63.2 cm³/mol. The minimum Gasteiger partial charge on any atom is -0.493 e. The summed E-state index contributed by atoms with van der Waals surface area (Å²) in [7, 11) is 3.22. The Bertz CT molecular complexity index is 378. The summed E-state index contributed by atoms with van der Waals surface area (Å²) >= 11 is 0. The molecule has 94 valence electrons. The summed E-state index contributed by atoms with van der Waals surface area (Å²) < 4.78 is 15.9. The maximum absolute atomic E-state index is 9.49. The molecular weight excluding hydrogens is 220 g/mol. The molecule has 1 aliphatic rings. The highest BCUT2D eigenvalue weighted by molar-refractivity contribution is 5.43. The van der Waals surface area contributed by atoms with Crippen LogP contribution in [0.15, 0.2) is 18.2 Å². The highest BCUT2D eigenvalue weighted by atomic mass is 16.6. The van der Waals surface area contributed by atoms with E-state index in [4.69, 9.17) is 14.2 Å². The second-order valence-corrected chi connectivity index (χ2v) is 4.12. The third kappa shape index (κ3) is 2.70. The van der Waals surface area contributed by atoms with Crippen LogP contribution in [0, 0.1) is 0 Å². The molecule has 0 saturated carbocycles. The molecule has 1 aromatic carbocycles. The lowest BCUT2D eigenvalue weighted by Gasteiger charge is -2.27. The third-order valence-corrected chi connectivity index (χ3v) is 3.02. The van der Waals surface area contributed by atoms with Gasteiger partial charge in [0.1, 0.15) is 0 Å². The maximum Gasteiger partial charge on any atom is 0.161 e. The summed E-state index contributed by atoms with van der Waals surface area (Å²) in [4.78, 5) is 0. The van der Waals surface area contributed by atoms with Gasteiger partial charge in [-0.15, -0.1) is 0 Å². The van der Waals surface area contributed by atoms with Gasteiger partial charge >= 0.3 is 0 Å². The fraction of sp³-hybridized carbons (Fsp3) is 0.538. The number of ether oxygens (including phenoxy) is 3. The van der Waals surface area contributed by atoms with E-state index in [-0.39, 0.29) is 6.10 Å². The summed E-state index contributed by atoms with van der Waals surface area (Å²) in [6, 6.07) is 5.71. The fourth-order valence-electron chi connectivity index (χ4n) is 2.10. The molecular formula is C13H18O4. The van der Waals surface area contributed by atoms with Gasteiger partial charge in [-0.3, -0.25) is 0 Å². The molecule has 1 fully saturated rings. The van der Waals surface area contributed by atoms with Crippen LogP contribution in [-0.4, -0.2) is 25.6 Å². The first kappa shape index (κ1) is 12.2. The monoisotopic (exact) mass is 238 g/mol. The Morgan fingerprint density at radius 3 is 2.59 bits per heavy atom. The number of methoxy groups -OCH3 is 2. The molecule has 1 N–H and O–H groups in total. The predicted octanol–water partition coefficient (Wildman–Crippen LogP) is 2.26. The van der Waals surface area contributed by atoms with Gasteiger partial charge in [-0.1, -0.05) is 6.07 Å². The van der Waals surface area contributed by atoms with Crippen LogP contribution >= 0.6 is 0 Å². The molecule has 0 bridgehead atoms. The number of rotatable bonds is 3. The lowest BCUT2D eigenvalue weighted by molar-refractivity contribution is -0.164. The van der Waals surface area contributed by atoms with Crippen LogP contribution in [0.3, 0.4) is 0 Å². The topological polar surface area (TPSA) is 47.9 Å². The van der Waals surface area contributed by atoms with Crippen molar-refractivity contribution in [3.05, 3.63) is 23.8 Å². The molecule has 0 radical (unpaired) electrons. The number of hydrogen-bond acceptors (Lipinski definition) is 4. The molecule has 0 spiro atoms. The molecule has 4 heteroatoms. The molecule has 2 rings (SSSR count). The largest absolute Gasteiger partial charge is 0.493 e. The standard InChI is InChI=1S/C13H18O4/c1-15-11-7-6-9(8-12(11)16-2)10-4-3-5-13(14)17-10/h6-8,10,13-14H,3-5H2,1-2H3. The van der Waals surface area contributed by atoms with Crippen LogP contribution in [0.1, 0.15) is 30.9 Å². The number of benzene rings is 1. The number of aliphatic hydroxyl groups is 1. The van der Waals surface area contributed by atoms with Gasteiger partial charge in [0.05, 0.1) is 20.3 Å². The van der Waals surface area contributed by atoms with Gasteiger partial charge in [-0.05, 0) is 37.0 Å². The smallest absolute Gasteiger partial charge is 0.161 e. The van der Waals surface area contributed by atoms with Crippen molar-refractivity contribution in [2.75, 3.05) is 14.2 Å². The first-order chi connectivity index (χ1) is 8.24. The maximum atomic E-state index is 9.49. The summed E-state index contributed by atoms with van der Waals surface area (Å²) in [5, 5.41) is 9.49. The molecule has 1 aliphatic heterocycles. The Kier molecular flexibility index (Phi) is 3.86. The van der Waals surface area contributed by atoms with Crippen LogP contribution in [-0.2, 0) is 4.74 Å². The van der Waals surface area contributed by atoms with Crippen molar-refractivity contribution in [1.82, 2.24) is 0 Å². The summed E-state index contributed by atoms with van der Waals surface area (Å²) in [5.74, 6) is 1.39. The van der Waals surface area contributed by atoms with E-state index in [0.29, 0.717) is 17.9 Å². The second-order valence-electron chi connectivity index (χ2n) is 4.12. The highest BCUT2D eigenvalue weighted by Gasteiger charge is 2.22. The number of aliphatic hydroxyl groups excluding tert-OH is 1. The van der Waals surface area contributed by atoms with Gasteiger partial charge in [0.15, 0.2) is 17.8 Å². The van der Waals surface area contributed by atoms with Gasteiger partial charge in [-0.2, -0.15) is 0 Å². The average Bonchev–Trinajstić information content (AvgIpc) is 2.38. The molecule has 2 atom stereocenters. The van der Waals surface area contributed by atoms with E-state index >= 15 is 0 Å². The minimum absolute atomic E-state index is 0.0569. The van der Waals surface area contributed by atoms with Crippen LogP contribution in [0.5, 0.6) is 11.5 Å². The minimum atomic E-state index is -0.651. The lowest BCUT2D eigenvalue weighted by Crippen LogP contribution is -2.21. The molecule has 1 saturated heterocycles. The zero-order chi connectivity index (χ0) is 12.3.